The lowest BCUT2D eigenvalue weighted by molar-refractivity contribution is 0.0139. The minimum atomic E-state index is -0.574. The van der Waals surface area contributed by atoms with Gasteiger partial charge in [0.2, 0.25) is 0 Å². The maximum atomic E-state index is 13.0. The first-order valence-electron chi connectivity index (χ1n) is 14.1. The standard InChI is InChI=1S/C32H36N6O4/c1-21-22(19-37-13-15-38(16-14-37)31(40)42-32(2,3)4)17-23(35-36-33)18-29(21)34-30(39)41-20-28-26-11-7-5-9-24(26)25-10-6-8-12-27(25)28/h5-12,17-18,28H,13-16,19-20H2,1-4H3,(H,34,39). The monoisotopic (exact) mass is 568 g/mol. The van der Waals surface area contributed by atoms with Crippen molar-refractivity contribution in [1.82, 2.24) is 9.80 Å². The first-order chi connectivity index (χ1) is 20.1. The Labute approximate surface area is 245 Å². The van der Waals surface area contributed by atoms with Crippen LogP contribution in [-0.2, 0) is 16.0 Å². The predicted molar refractivity (Wildman–Crippen MR) is 162 cm³/mol. The fourth-order valence-corrected chi connectivity index (χ4v) is 5.56. The van der Waals surface area contributed by atoms with E-state index in [1.807, 2.05) is 58.0 Å². The van der Waals surface area contributed by atoms with Gasteiger partial charge in [0.1, 0.15) is 12.2 Å². The van der Waals surface area contributed by atoms with Crippen LogP contribution < -0.4 is 5.32 Å². The summed E-state index contributed by atoms with van der Waals surface area (Å²) in [5.41, 5.74) is 15.9. The first kappa shape index (κ1) is 29.0. The summed E-state index contributed by atoms with van der Waals surface area (Å²) >= 11 is 0. The van der Waals surface area contributed by atoms with Crippen LogP contribution in [0.1, 0.15) is 48.9 Å². The molecule has 1 aliphatic heterocycles. The molecule has 1 aliphatic carbocycles. The largest absolute Gasteiger partial charge is 0.448 e. The van der Waals surface area contributed by atoms with E-state index < -0.39 is 11.7 Å². The van der Waals surface area contributed by atoms with Crippen LogP contribution in [0.3, 0.4) is 0 Å². The second-order valence-electron chi connectivity index (χ2n) is 11.7. The Bertz CT molecular complexity index is 1490. The number of carbonyl (C=O) groups excluding carboxylic acids is 2. The van der Waals surface area contributed by atoms with E-state index in [0.717, 1.165) is 33.4 Å². The Balaban J connectivity index is 1.25. The van der Waals surface area contributed by atoms with Gasteiger partial charge < -0.3 is 14.4 Å². The zero-order valence-electron chi connectivity index (χ0n) is 24.5. The van der Waals surface area contributed by atoms with Gasteiger partial charge in [0.25, 0.3) is 0 Å². The maximum absolute atomic E-state index is 13.0. The van der Waals surface area contributed by atoms with Crippen molar-refractivity contribution in [3.8, 4) is 11.1 Å². The van der Waals surface area contributed by atoms with Crippen molar-refractivity contribution in [1.29, 1.82) is 0 Å². The van der Waals surface area contributed by atoms with Crippen LogP contribution in [0, 0.1) is 6.92 Å². The van der Waals surface area contributed by atoms with Gasteiger partial charge in [-0.05, 0) is 78.7 Å². The van der Waals surface area contributed by atoms with Crippen LogP contribution in [0.15, 0.2) is 65.8 Å². The van der Waals surface area contributed by atoms with Crippen LogP contribution in [0.4, 0.5) is 21.0 Å². The third kappa shape index (κ3) is 6.51. The van der Waals surface area contributed by atoms with Gasteiger partial charge in [0.15, 0.2) is 0 Å². The van der Waals surface area contributed by atoms with Crippen molar-refractivity contribution in [2.75, 3.05) is 38.1 Å². The molecular weight excluding hydrogens is 532 g/mol. The second-order valence-corrected chi connectivity index (χ2v) is 11.7. The summed E-state index contributed by atoms with van der Waals surface area (Å²) < 4.78 is 11.2. The summed E-state index contributed by atoms with van der Waals surface area (Å²) in [7, 11) is 0. The number of carbonyl (C=O) groups is 2. The SMILES string of the molecule is Cc1c(CN2CCN(C(=O)OC(C)(C)C)CC2)cc(N=[N+]=[N-])cc1NC(=O)OCC1c2ccccc2-c2ccccc21. The molecule has 5 rings (SSSR count). The fraction of sp³-hybridized carbons (Fsp3) is 0.375. The molecule has 218 valence electrons. The van der Waals surface area contributed by atoms with E-state index in [2.05, 4.69) is 44.5 Å². The second kappa shape index (κ2) is 12.1. The Kier molecular flexibility index (Phi) is 8.38. The molecule has 0 aromatic heterocycles. The Morgan fingerprint density at radius 1 is 1.00 bits per heavy atom. The smallest absolute Gasteiger partial charge is 0.411 e. The Morgan fingerprint density at radius 3 is 2.21 bits per heavy atom. The molecule has 0 bridgehead atoms. The van der Waals surface area contributed by atoms with Crippen molar-refractivity contribution in [3.63, 3.8) is 0 Å². The van der Waals surface area contributed by atoms with Gasteiger partial charge in [0.05, 0.1) is 0 Å². The third-order valence-electron chi connectivity index (χ3n) is 7.66. The number of piperazine rings is 1. The number of nitrogens with zero attached hydrogens (tertiary/aromatic N) is 5. The van der Waals surface area contributed by atoms with Crippen molar-refractivity contribution in [3.05, 3.63) is 93.4 Å². The lowest BCUT2D eigenvalue weighted by Gasteiger charge is -2.36. The highest BCUT2D eigenvalue weighted by atomic mass is 16.6. The molecule has 2 aliphatic rings. The minimum absolute atomic E-state index is 0.0475. The lowest BCUT2D eigenvalue weighted by atomic mass is 9.98. The van der Waals surface area contributed by atoms with Crippen LogP contribution in [0.2, 0.25) is 0 Å². The number of amides is 2. The minimum Gasteiger partial charge on any atom is -0.448 e. The lowest BCUT2D eigenvalue weighted by Crippen LogP contribution is -2.49. The van der Waals surface area contributed by atoms with Crippen LogP contribution in [0.5, 0.6) is 0 Å². The molecule has 1 N–H and O–H groups in total. The molecule has 0 unspecified atom stereocenters. The van der Waals surface area contributed by atoms with E-state index in [1.54, 1.807) is 11.0 Å². The van der Waals surface area contributed by atoms with E-state index in [0.29, 0.717) is 44.1 Å². The van der Waals surface area contributed by atoms with Gasteiger partial charge in [-0.15, -0.1) is 0 Å². The average Bonchev–Trinajstić information content (AvgIpc) is 3.27. The molecule has 1 saturated heterocycles. The van der Waals surface area contributed by atoms with E-state index in [-0.39, 0.29) is 18.6 Å². The highest BCUT2D eigenvalue weighted by Crippen LogP contribution is 2.44. The number of fused-ring (bicyclic) bond motifs is 3. The topological polar surface area (TPSA) is 120 Å². The highest BCUT2D eigenvalue weighted by Gasteiger charge is 2.29. The van der Waals surface area contributed by atoms with E-state index in [4.69, 9.17) is 15.0 Å². The summed E-state index contributed by atoms with van der Waals surface area (Å²) in [6, 6.07) is 19.9. The molecule has 0 atom stereocenters. The van der Waals surface area contributed by atoms with Crippen LogP contribution in [0.25, 0.3) is 21.6 Å². The molecular formula is C32H36N6O4. The number of rotatable bonds is 6. The van der Waals surface area contributed by atoms with Crippen LogP contribution in [-0.4, -0.2) is 60.4 Å². The third-order valence-corrected chi connectivity index (χ3v) is 7.66. The summed E-state index contributed by atoms with van der Waals surface area (Å²) in [5, 5.41) is 6.67. The number of hydrogen-bond donors (Lipinski definition) is 1. The molecule has 3 aromatic carbocycles. The molecule has 10 nitrogen and oxygen atoms in total. The molecule has 0 radical (unpaired) electrons. The summed E-state index contributed by atoms with van der Waals surface area (Å²) in [4.78, 5) is 32.3. The normalized spacial score (nSPS) is 14.9. The molecule has 1 heterocycles. The van der Waals surface area contributed by atoms with Gasteiger partial charge in [-0.2, -0.15) is 0 Å². The molecule has 0 spiro atoms. The molecule has 1 fully saturated rings. The van der Waals surface area contributed by atoms with Crippen molar-refractivity contribution < 1.29 is 19.1 Å². The quantitative estimate of drug-likeness (QED) is 0.189. The van der Waals surface area contributed by atoms with E-state index in [1.165, 1.54) is 0 Å². The van der Waals surface area contributed by atoms with Crippen molar-refractivity contribution in [2.24, 2.45) is 5.11 Å². The Morgan fingerprint density at radius 2 is 1.62 bits per heavy atom. The summed E-state index contributed by atoms with van der Waals surface area (Å²) in [6.45, 7) is 10.7. The van der Waals surface area contributed by atoms with Gasteiger partial charge in [-0.1, -0.05) is 53.6 Å². The number of benzene rings is 3. The van der Waals surface area contributed by atoms with E-state index >= 15 is 0 Å². The predicted octanol–water partition coefficient (Wildman–Crippen LogP) is 7.35. The number of nitrogens with one attached hydrogen (secondary N) is 1. The molecule has 2 amide bonds. The molecule has 42 heavy (non-hydrogen) atoms. The molecule has 0 saturated carbocycles. The zero-order valence-corrected chi connectivity index (χ0v) is 24.5. The van der Waals surface area contributed by atoms with Gasteiger partial charge in [0, 0.05) is 54.9 Å². The summed E-state index contributed by atoms with van der Waals surface area (Å²) in [6.07, 6.45) is -0.881. The van der Waals surface area contributed by atoms with E-state index in [9.17, 15) is 9.59 Å². The van der Waals surface area contributed by atoms with Crippen molar-refractivity contribution in [2.45, 2.75) is 45.8 Å². The van der Waals surface area contributed by atoms with Gasteiger partial charge >= 0.3 is 12.2 Å². The molecule has 10 heteroatoms. The number of anilines is 1. The Hall–Kier alpha value is -4.53. The van der Waals surface area contributed by atoms with Crippen LogP contribution >= 0.6 is 0 Å². The number of azide groups is 1. The highest BCUT2D eigenvalue weighted by molar-refractivity contribution is 5.87. The summed E-state index contributed by atoms with van der Waals surface area (Å²) in [5.74, 6) is -0.0475. The fourth-order valence-electron chi connectivity index (χ4n) is 5.56. The maximum Gasteiger partial charge on any atom is 0.411 e. The molecule has 3 aromatic rings. The van der Waals surface area contributed by atoms with Gasteiger partial charge in [-0.3, -0.25) is 10.2 Å². The first-order valence-corrected chi connectivity index (χ1v) is 14.1. The number of hydrogen-bond acceptors (Lipinski definition) is 6. The van der Waals surface area contributed by atoms with Gasteiger partial charge in [-0.25, -0.2) is 9.59 Å². The zero-order chi connectivity index (χ0) is 29.9. The van der Waals surface area contributed by atoms with Crippen molar-refractivity contribution >= 4 is 23.6 Å². The number of ether oxygens (including phenoxy) is 2. The average molecular weight is 569 g/mol.